The van der Waals surface area contributed by atoms with Crippen molar-refractivity contribution < 1.29 is 14.4 Å². The number of carbonyl (C=O) groups excluding carboxylic acids is 3. The maximum Gasteiger partial charge on any atom is 0.313 e. The number of likely N-dealkylation sites (N-methyl/N-ethyl adjacent to an activating group) is 1. The number of nitrogens with zero attached hydrogens (tertiary/aromatic N) is 2. The van der Waals surface area contributed by atoms with Crippen molar-refractivity contribution >= 4 is 23.4 Å². The van der Waals surface area contributed by atoms with Crippen LogP contribution in [0.5, 0.6) is 0 Å². The molecule has 8 nitrogen and oxygen atoms in total. The highest BCUT2D eigenvalue weighted by atomic mass is 16.2. The van der Waals surface area contributed by atoms with Gasteiger partial charge in [0.05, 0.1) is 12.2 Å². The minimum Gasteiger partial charge on any atom is -0.346 e. The number of nitrogens with one attached hydrogen (secondary N) is 3. The minimum atomic E-state index is -0.749. The number of anilines is 1. The molecule has 0 spiro atoms. The summed E-state index contributed by atoms with van der Waals surface area (Å²) in [4.78, 5) is 43.3. The standard InChI is InChI=1S/C22H27N5O3/c1-15-19(10-6-12-27(15)2)26-22(30)21(29)25-17-9-5-7-16(13-17)20(28)24-14-18-8-3-4-11-23-18/h3-5,7-9,11,13,15,19H,6,10,12,14H2,1-2H3,(H,24,28)(H,25,29)(H,26,30). The van der Waals surface area contributed by atoms with E-state index in [9.17, 15) is 14.4 Å². The smallest absolute Gasteiger partial charge is 0.313 e. The van der Waals surface area contributed by atoms with Gasteiger partial charge in [0.25, 0.3) is 5.91 Å². The lowest BCUT2D eigenvalue weighted by molar-refractivity contribution is -0.137. The quantitative estimate of drug-likeness (QED) is 0.650. The van der Waals surface area contributed by atoms with E-state index in [2.05, 4.69) is 25.8 Å². The molecule has 1 saturated heterocycles. The Bertz CT molecular complexity index is 903. The van der Waals surface area contributed by atoms with Crippen molar-refractivity contribution in [3.05, 3.63) is 59.9 Å². The van der Waals surface area contributed by atoms with Crippen LogP contribution in [0.1, 0.15) is 35.8 Å². The van der Waals surface area contributed by atoms with Gasteiger partial charge < -0.3 is 20.9 Å². The van der Waals surface area contributed by atoms with E-state index in [1.165, 1.54) is 6.07 Å². The number of hydrogen-bond acceptors (Lipinski definition) is 5. The van der Waals surface area contributed by atoms with Crippen molar-refractivity contribution in [3.63, 3.8) is 0 Å². The van der Waals surface area contributed by atoms with Gasteiger partial charge in [-0.05, 0) is 63.7 Å². The van der Waals surface area contributed by atoms with Crippen LogP contribution >= 0.6 is 0 Å². The number of hydrogen-bond donors (Lipinski definition) is 3. The third-order valence-electron chi connectivity index (χ3n) is 5.37. The Labute approximate surface area is 176 Å². The summed E-state index contributed by atoms with van der Waals surface area (Å²) >= 11 is 0. The lowest BCUT2D eigenvalue weighted by Crippen LogP contribution is -2.54. The third-order valence-corrected chi connectivity index (χ3v) is 5.37. The summed E-state index contributed by atoms with van der Waals surface area (Å²) in [6, 6.07) is 12.0. The van der Waals surface area contributed by atoms with Crippen molar-refractivity contribution in [2.45, 2.75) is 38.4 Å². The Kier molecular flexibility index (Phi) is 7.13. The number of benzene rings is 1. The summed E-state index contributed by atoms with van der Waals surface area (Å²) in [5.41, 5.74) is 1.51. The summed E-state index contributed by atoms with van der Waals surface area (Å²) in [7, 11) is 2.01. The zero-order chi connectivity index (χ0) is 21.5. The molecule has 0 aliphatic carbocycles. The van der Waals surface area contributed by atoms with Crippen molar-refractivity contribution in [1.29, 1.82) is 0 Å². The number of pyridine rings is 1. The second kappa shape index (κ2) is 9.98. The average molecular weight is 409 g/mol. The van der Waals surface area contributed by atoms with Gasteiger partial charge in [-0.1, -0.05) is 12.1 Å². The van der Waals surface area contributed by atoms with Crippen molar-refractivity contribution in [2.24, 2.45) is 0 Å². The molecule has 2 aromatic rings. The fourth-order valence-corrected chi connectivity index (χ4v) is 3.44. The number of aromatic nitrogens is 1. The van der Waals surface area contributed by atoms with Crippen LogP contribution in [0.2, 0.25) is 0 Å². The molecule has 2 atom stereocenters. The molecule has 1 fully saturated rings. The van der Waals surface area contributed by atoms with Crippen LogP contribution in [-0.2, 0) is 16.1 Å². The van der Waals surface area contributed by atoms with Gasteiger partial charge in [0, 0.05) is 29.5 Å². The molecule has 8 heteroatoms. The predicted molar refractivity (Wildman–Crippen MR) is 114 cm³/mol. The molecule has 3 amide bonds. The van der Waals surface area contributed by atoms with Gasteiger partial charge in [-0.25, -0.2) is 0 Å². The Morgan fingerprint density at radius 1 is 1.13 bits per heavy atom. The van der Waals surface area contributed by atoms with Gasteiger partial charge in [0.2, 0.25) is 0 Å². The van der Waals surface area contributed by atoms with Gasteiger partial charge in [0.15, 0.2) is 0 Å². The number of rotatable bonds is 5. The average Bonchev–Trinajstić information content (AvgIpc) is 2.76. The molecule has 0 saturated carbocycles. The van der Waals surface area contributed by atoms with E-state index in [1.807, 2.05) is 26.1 Å². The fourth-order valence-electron chi connectivity index (χ4n) is 3.44. The molecular weight excluding hydrogens is 382 g/mol. The summed E-state index contributed by atoms with van der Waals surface area (Å²) in [5.74, 6) is -1.71. The van der Waals surface area contributed by atoms with Crippen LogP contribution in [-0.4, -0.2) is 53.3 Å². The van der Waals surface area contributed by atoms with Gasteiger partial charge in [-0.15, -0.1) is 0 Å². The van der Waals surface area contributed by atoms with Crippen LogP contribution in [0.15, 0.2) is 48.7 Å². The van der Waals surface area contributed by atoms with E-state index < -0.39 is 11.8 Å². The number of carbonyl (C=O) groups is 3. The summed E-state index contributed by atoms with van der Waals surface area (Å²) < 4.78 is 0. The zero-order valence-electron chi connectivity index (χ0n) is 17.2. The molecule has 1 aromatic carbocycles. The number of piperidine rings is 1. The molecule has 3 rings (SSSR count). The highest BCUT2D eigenvalue weighted by Gasteiger charge is 2.28. The highest BCUT2D eigenvalue weighted by Crippen LogP contribution is 2.16. The first-order valence-electron chi connectivity index (χ1n) is 10.0. The largest absolute Gasteiger partial charge is 0.346 e. The van der Waals surface area contributed by atoms with E-state index in [-0.39, 0.29) is 18.0 Å². The first kappa shape index (κ1) is 21.4. The third kappa shape index (κ3) is 5.64. The Morgan fingerprint density at radius 2 is 1.97 bits per heavy atom. The molecule has 158 valence electrons. The van der Waals surface area contributed by atoms with E-state index in [4.69, 9.17) is 0 Å². The molecule has 0 radical (unpaired) electrons. The molecule has 1 aliphatic heterocycles. The van der Waals surface area contributed by atoms with E-state index in [0.717, 1.165) is 25.1 Å². The summed E-state index contributed by atoms with van der Waals surface area (Å²) in [5, 5.41) is 8.17. The molecule has 1 aliphatic rings. The molecule has 2 heterocycles. The maximum atomic E-state index is 12.4. The highest BCUT2D eigenvalue weighted by molar-refractivity contribution is 6.39. The molecule has 2 unspecified atom stereocenters. The van der Waals surface area contributed by atoms with Crippen molar-refractivity contribution in [1.82, 2.24) is 20.5 Å². The molecule has 3 N–H and O–H groups in total. The van der Waals surface area contributed by atoms with Gasteiger partial charge in [-0.2, -0.15) is 0 Å². The van der Waals surface area contributed by atoms with Gasteiger partial charge >= 0.3 is 11.8 Å². The number of amides is 3. The van der Waals surface area contributed by atoms with E-state index >= 15 is 0 Å². The van der Waals surface area contributed by atoms with Crippen LogP contribution in [0.3, 0.4) is 0 Å². The lowest BCUT2D eigenvalue weighted by atomic mass is 9.98. The van der Waals surface area contributed by atoms with Gasteiger partial charge in [0.1, 0.15) is 0 Å². The van der Waals surface area contributed by atoms with E-state index in [0.29, 0.717) is 17.8 Å². The normalized spacial score (nSPS) is 19.0. The first-order chi connectivity index (χ1) is 14.4. The Hall–Kier alpha value is -3.26. The van der Waals surface area contributed by atoms with Gasteiger partial charge in [-0.3, -0.25) is 19.4 Å². The molecule has 1 aromatic heterocycles. The summed E-state index contributed by atoms with van der Waals surface area (Å²) in [6.45, 7) is 3.32. The zero-order valence-corrected chi connectivity index (χ0v) is 17.2. The van der Waals surface area contributed by atoms with Crippen LogP contribution < -0.4 is 16.0 Å². The maximum absolute atomic E-state index is 12.4. The second-order valence-electron chi connectivity index (χ2n) is 7.48. The predicted octanol–water partition coefficient (Wildman–Crippen LogP) is 1.55. The first-order valence-corrected chi connectivity index (χ1v) is 10.0. The Morgan fingerprint density at radius 3 is 2.73 bits per heavy atom. The molecular formula is C22H27N5O3. The van der Waals surface area contributed by atoms with Crippen LogP contribution in [0.4, 0.5) is 5.69 Å². The SMILES string of the molecule is CC1C(NC(=O)C(=O)Nc2cccc(C(=O)NCc3ccccn3)c2)CCCN1C. The van der Waals surface area contributed by atoms with Crippen LogP contribution in [0.25, 0.3) is 0 Å². The Balaban J connectivity index is 1.55. The summed E-state index contributed by atoms with van der Waals surface area (Å²) in [6.07, 6.45) is 3.48. The topological polar surface area (TPSA) is 103 Å². The van der Waals surface area contributed by atoms with Crippen LogP contribution in [0, 0.1) is 0 Å². The van der Waals surface area contributed by atoms with E-state index in [1.54, 1.807) is 30.5 Å². The molecule has 0 bridgehead atoms. The second-order valence-corrected chi connectivity index (χ2v) is 7.48. The van der Waals surface area contributed by atoms with Crippen molar-refractivity contribution in [3.8, 4) is 0 Å². The molecule has 30 heavy (non-hydrogen) atoms. The minimum absolute atomic E-state index is 0.0642. The number of likely N-dealkylation sites (tertiary alicyclic amines) is 1. The monoisotopic (exact) mass is 409 g/mol. The lowest BCUT2D eigenvalue weighted by Gasteiger charge is -2.37. The van der Waals surface area contributed by atoms with Crippen molar-refractivity contribution in [2.75, 3.05) is 18.9 Å². The fraction of sp³-hybridized carbons (Fsp3) is 0.364.